The number of alkyl halides is 3. The van der Waals surface area contributed by atoms with E-state index < -0.39 is 17.7 Å². The molecule has 0 spiro atoms. The number of ether oxygens (including phenoxy) is 1. The van der Waals surface area contributed by atoms with Gasteiger partial charge in [-0.25, -0.2) is 14.5 Å². The summed E-state index contributed by atoms with van der Waals surface area (Å²) in [5.41, 5.74) is -1.07. The number of esters is 1. The molecule has 0 aliphatic heterocycles. The molecule has 0 aliphatic carbocycles. The highest BCUT2D eigenvalue weighted by molar-refractivity contribution is 5.85. The van der Waals surface area contributed by atoms with Crippen LogP contribution in [0.25, 0.3) is 17.6 Å². The molecule has 0 N–H and O–H groups in total. The number of carbonyl (C=O) groups is 1. The second-order valence-corrected chi connectivity index (χ2v) is 5.26. The van der Waals surface area contributed by atoms with E-state index in [-0.39, 0.29) is 23.1 Å². The van der Waals surface area contributed by atoms with Crippen LogP contribution in [0.15, 0.2) is 30.6 Å². The molecule has 2 aromatic rings. The number of nitrogens with zero attached hydrogens (tertiary/aromatic N) is 4. The van der Waals surface area contributed by atoms with Gasteiger partial charge in [0.15, 0.2) is 5.82 Å². The zero-order valence-corrected chi connectivity index (χ0v) is 13.3. The van der Waals surface area contributed by atoms with E-state index in [1.165, 1.54) is 18.6 Å². The molecule has 0 bridgehead atoms. The Bertz CT molecular complexity index is 848. The van der Waals surface area contributed by atoms with Crippen LogP contribution in [0.4, 0.5) is 13.2 Å². The monoisotopic (exact) mass is 350 g/mol. The Balaban J connectivity index is 2.29. The van der Waals surface area contributed by atoms with Crippen LogP contribution in [0, 0.1) is 11.3 Å². The minimum Gasteiger partial charge on any atom is -0.460 e. The summed E-state index contributed by atoms with van der Waals surface area (Å²) in [4.78, 5) is 15.3. The number of hydrogen-bond acceptors (Lipinski definition) is 5. The summed E-state index contributed by atoms with van der Waals surface area (Å²) >= 11 is 0. The van der Waals surface area contributed by atoms with Gasteiger partial charge in [0.25, 0.3) is 0 Å². The molecule has 130 valence electrons. The van der Waals surface area contributed by atoms with E-state index in [4.69, 9.17) is 10.00 Å². The van der Waals surface area contributed by atoms with Crippen LogP contribution in [-0.2, 0) is 15.7 Å². The van der Waals surface area contributed by atoms with Crippen molar-refractivity contribution in [2.24, 2.45) is 0 Å². The Kier molecular flexibility index (Phi) is 5.22. The van der Waals surface area contributed by atoms with Gasteiger partial charge < -0.3 is 4.74 Å². The third-order valence-electron chi connectivity index (χ3n) is 2.87. The van der Waals surface area contributed by atoms with E-state index in [0.29, 0.717) is 0 Å². The molecule has 0 unspecified atom stereocenters. The van der Waals surface area contributed by atoms with Gasteiger partial charge in [-0.2, -0.15) is 18.4 Å². The van der Waals surface area contributed by atoms with Crippen molar-refractivity contribution < 1.29 is 22.7 Å². The SMILES string of the molecule is CC(C)OC(=O)/C=C/n1cnc(-c2cc(C#N)cc(C(F)(F)F)c2)n1. The summed E-state index contributed by atoms with van der Waals surface area (Å²) in [7, 11) is 0. The normalized spacial score (nSPS) is 11.7. The van der Waals surface area contributed by atoms with Crippen molar-refractivity contribution >= 4 is 12.2 Å². The Morgan fingerprint density at radius 3 is 2.68 bits per heavy atom. The minimum absolute atomic E-state index is 0.00974. The largest absolute Gasteiger partial charge is 0.460 e. The van der Waals surface area contributed by atoms with Crippen molar-refractivity contribution in [3.05, 3.63) is 41.7 Å². The average Bonchev–Trinajstić information content (AvgIpc) is 3.00. The number of hydrogen-bond donors (Lipinski definition) is 0. The number of benzene rings is 1. The zero-order chi connectivity index (χ0) is 18.6. The van der Waals surface area contributed by atoms with E-state index in [9.17, 15) is 18.0 Å². The number of nitriles is 1. The van der Waals surface area contributed by atoms with Gasteiger partial charge in [-0.15, -0.1) is 5.10 Å². The van der Waals surface area contributed by atoms with Gasteiger partial charge in [-0.3, -0.25) is 0 Å². The summed E-state index contributed by atoms with van der Waals surface area (Å²) in [6.07, 6.45) is -1.27. The molecule has 1 aromatic heterocycles. The number of halogens is 3. The zero-order valence-electron chi connectivity index (χ0n) is 13.3. The van der Waals surface area contributed by atoms with Crippen LogP contribution in [-0.4, -0.2) is 26.8 Å². The maximum atomic E-state index is 12.9. The summed E-state index contributed by atoms with van der Waals surface area (Å²) in [6, 6.07) is 4.54. The predicted octanol–water partition coefficient (Wildman–Crippen LogP) is 3.26. The highest BCUT2D eigenvalue weighted by Crippen LogP contribution is 2.32. The average molecular weight is 350 g/mol. The van der Waals surface area contributed by atoms with Crippen LogP contribution < -0.4 is 0 Å². The van der Waals surface area contributed by atoms with E-state index in [2.05, 4.69) is 10.1 Å². The van der Waals surface area contributed by atoms with Crippen LogP contribution >= 0.6 is 0 Å². The fourth-order valence-corrected chi connectivity index (χ4v) is 1.87. The highest BCUT2D eigenvalue weighted by Gasteiger charge is 2.31. The summed E-state index contributed by atoms with van der Waals surface area (Å²) < 4.78 is 44.8. The first-order chi connectivity index (χ1) is 11.7. The highest BCUT2D eigenvalue weighted by atomic mass is 19.4. The van der Waals surface area contributed by atoms with Gasteiger partial charge in [0.1, 0.15) is 6.33 Å². The molecule has 25 heavy (non-hydrogen) atoms. The number of aromatic nitrogens is 3. The molecule has 9 heteroatoms. The van der Waals surface area contributed by atoms with Crippen LogP contribution in [0.5, 0.6) is 0 Å². The molecule has 0 radical (unpaired) electrons. The Morgan fingerprint density at radius 2 is 2.08 bits per heavy atom. The Labute approximate surface area is 141 Å². The quantitative estimate of drug-likeness (QED) is 0.624. The third-order valence-corrected chi connectivity index (χ3v) is 2.87. The molecule has 0 aliphatic rings. The molecule has 0 atom stereocenters. The van der Waals surface area contributed by atoms with E-state index >= 15 is 0 Å². The Hall–Kier alpha value is -3.15. The lowest BCUT2D eigenvalue weighted by Crippen LogP contribution is -2.08. The lowest BCUT2D eigenvalue weighted by Gasteiger charge is -2.08. The van der Waals surface area contributed by atoms with Gasteiger partial charge in [-0.05, 0) is 32.0 Å². The van der Waals surface area contributed by atoms with Crippen LogP contribution in [0.2, 0.25) is 0 Å². The summed E-state index contributed by atoms with van der Waals surface area (Å²) in [5, 5.41) is 12.9. The molecule has 1 heterocycles. The second-order valence-electron chi connectivity index (χ2n) is 5.26. The topological polar surface area (TPSA) is 80.8 Å². The molecule has 2 rings (SSSR count). The first-order valence-corrected chi connectivity index (χ1v) is 7.12. The standard InChI is InChI=1S/C16H13F3N4O2/c1-10(2)25-14(24)3-4-23-9-21-15(22-23)12-5-11(8-20)6-13(7-12)16(17,18)19/h3-7,9-10H,1-2H3/b4-3+. The fraction of sp³-hybridized carbons (Fsp3) is 0.250. The molecular formula is C16H13F3N4O2. The Morgan fingerprint density at radius 1 is 1.36 bits per heavy atom. The van der Waals surface area contributed by atoms with Gasteiger partial charge in [0.05, 0.1) is 23.3 Å². The third kappa shape index (κ3) is 4.91. The van der Waals surface area contributed by atoms with Crippen molar-refractivity contribution in [1.82, 2.24) is 14.8 Å². The summed E-state index contributed by atoms with van der Waals surface area (Å²) in [5.74, 6) is -0.595. The molecule has 0 fully saturated rings. The molecular weight excluding hydrogens is 337 g/mol. The first kappa shape index (κ1) is 18.2. The maximum Gasteiger partial charge on any atom is 0.416 e. The first-order valence-electron chi connectivity index (χ1n) is 7.12. The molecule has 0 saturated carbocycles. The van der Waals surface area contributed by atoms with Crippen molar-refractivity contribution in [3.63, 3.8) is 0 Å². The van der Waals surface area contributed by atoms with Crippen LogP contribution in [0.3, 0.4) is 0 Å². The van der Waals surface area contributed by atoms with Gasteiger partial charge >= 0.3 is 12.1 Å². The van der Waals surface area contributed by atoms with Crippen molar-refractivity contribution in [2.45, 2.75) is 26.1 Å². The minimum atomic E-state index is -4.59. The molecule has 6 nitrogen and oxygen atoms in total. The van der Waals surface area contributed by atoms with Gasteiger partial charge in [0.2, 0.25) is 0 Å². The molecule has 0 amide bonds. The lowest BCUT2D eigenvalue weighted by atomic mass is 10.1. The van der Waals surface area contributed by atoms with Gasteiger partial charge in [0, 0.05) is 17.8 Å². The lowest BCUT2D eigenvalue weighted by molar-refractivity contribution is -0.141. The van der Waals surface area contributed by atoms with E-state index in [1.54, 1.807) is 19.9 Å². The second kappa shape index (κ2) is 7.17. The fourth-order valence-electron chi connectivity index (χ4n) is 1.87. The van der Waals surface area contributed by atoms with Crippen molar-refractivity contribution in [1.29, 1.82) is 5.26 Å². The molecule has 1 aromatic carbocycles. The maximum absolute atomic E-state index is 12.9. The van der Waals surface area contributed by atoms with Gasteiger partial charge in [-0.1, -0.05) is 0 Å². The van der Waals surface area contributed by atoms with E-state index in [1.807, 2.05) is 0 Å². The molecule has 0 saturated heterocycles. The number of carbonyl (C=O) groups excluding carboxylic acids is 1. The smallest absolute Gasteiger partial charge is 0.416 e. The van der Waals surface area contributed by atoms with Crippen molar-refractivity contribution in [3.8, 4) is 17.5 Å². The number of rotatable bonds is 4. The summed E-state index contributed by atoms with van der Waals surface area (Å²) in [6.45, 7) is 3.39. The predicted molar refractivity (Wildman–Crippen MR) is 81.7 cm³/mol. The van der Waals surface area contributed by atoms with E-state index in [0.717, 1.165) is 22.9 Å². The van der Waals surface area contributed by atoms with Crippen LogP contribution in [0.1, 0.15) is 25.0 Å². The van der Waals surface area contributed by atoms with Crippen molar-refractivity contribution in [2.75, 3.05) is 0 Å².